The van der Waals surface area contributed by atoms with Crippen LogP contribution in [-0.2, 0) is 0 Å². The van der Waals surface area contributed by atoms with Crippen molar-refractivity contribution in [2.45, 2.75) is 18.1 Å². The Bertz CT molecular complexity index is 456. The van der Waals surface area contributed by atoms with Crippen molar-refractivity contribution in [3.05, 3.63) is 23.8 Å². The Morgan fingerprint density at radius 3 is 2.89 bits per heavy atom. The lowest BCUT2D eigenvalue weighted by molar-refractivity contribution is 0.0953. The third kappa shape index (κ3) is 3.56. The normalized spacial score (nSPS) is 18.3. The van der Waals surface area contributed by atoms with Crippen LogP contribution in [0.1, 0.15) is 23.2 Å². The second-order valence-electron chi connectivity index (χ2n) is 5.01. The number of benzene rings is 1. The molecule has 0 radical (unpaired) electrons. The molecule has 0 saturated carbocycles. The van der Waals surface area contributed by atoms with Gasteiger partial charge in [0.25, 0.3) is 5.91 Å². The van der Waals surface area contributed by atoms with Crippen LogP contribution in [0, 0.1) is 0 Å². The summed E-state index contributed by atoms with van der Waals surface area (Å²) in [5.74, 6) is 1.18. The lowest BCUT2D eigenvalue weighted by Crippen LogP contribution is -2.29. The predicted octanol–water partition coefficient (Wildman–Crippen LogP) is 1.96. The Morgan fingerprint density at radius 2 is 2.32 bits per heavy atom. The van der Waals surface area contributed by atoms with Gasteiger partial charge in [-0.15, -0.1) is 0 Å². The third-order valence-corrected chi connectivity index (χ3v) is 4.68. The molecule has 1 atom stereocenters. The predicted molar refractivity (Wildman–Crippen MR) is 83.0 cm³/mol. The van der Waals surface area contributed by atoms with E-state index in [1.807, 2.05) is 42.9 Å². The van der Waals surface area contributed by atoms with E-state index in [1.165, 1.54) is 18.6 Å². The molecule has 0 bridgehead atoms. The number of rotatable bonds is 4. The van der Waals surface area contributed by atoms with E-state index in [0.717, 1.165) is 12.2 Å². The van der Waals surface area contributed by atoms with Crippen molar-refractivity contribution in [1.82, 2.24) is 5.32 Å². The molecule has 1 saturated heterocycles. The Morgan fingerprint density at radius 1 is 1.53 bits per heavy atom. The highest BCUT2D eigenvalue weighted by Gasteiger charge is 2.17. The molecular weight excluding hydrogens is 258 g/mol. The highest BCUT2D eigenvalue weighted by molar-refractivity contribution is 8.00. The lowest BCUT2D eigenvalue weighted by atomic mass is 10.1. The largest absolute Gasteiger partial charge is 0.397 e. The molecule has 1 fully saturated rings. The molecule has 0 aliphatic carbocycles. The van der Waals surface area contributed by atoms with Gasteiger partial charge in [-0.2, -0.15) is 11.8 Å². The van der Waals surface area contributed by atoms with Gasteiger partial charge in [-0.05, 0) is 36.8 Å². The van der Waals surface area contributed by atoms with Gasteiger partial charge in [0, 0.05) is 31.5 Å². The first kappa shape index (κ1) is 14.1. The average Bonchev–Trinajstić information content (AvgIpc) is 2.88. The fourth-order valence-corrected chi connectivity index (χ4v) is 3.42. The van der Waals surface area contributed by atoms with Gasteiger partial charge >= 0.3 is 0 Å². The zero-order valence-electron chi connectivity index (χ0n) is 11.5. The molecule has 3 N–H and O–H groups in total. The van der Waals surface area contributed by atoms with Gasteiger partial charge in [0.2, 0.25) is 0 Å². The van der Waals surface area contributed by atoms with Crippen molar-refractivity contribution in [2.75, 3.05) is 37.0 Å². The number of thioether (sulfide) groups is 1. The summed E-state index contributed by atoms with van der Waals surface area (Å²) in [7, 11) is 3.87. The molecule has 104 valence electrons. The highest BCUT2D eigenvalue weighted by atomic mass is 32.2. The topological polar surface area (TPSA) is 58.4 Å². The molecule has 1 aliphatic rings. The molecule has 1 unspecified atom stereocenters. The van der Waals surface area contributed by atoms with Crippen LogP contribution in [0.5, 0.6) is 0 Å². The highest BCUT2D eigenvalue weighted by Crippen LogP contribution is 2.25. The first-order chi connectivity index (χ1) is 9.08. The van der Waals surface area contributed by atoms with E-state index in [2.05, 4.69) is 5.32 Å². The molecule has 1 heterocycles. The van der Waals surface area contributed by atoms with Gasteiger partial charge < -0.3 is 16.0 Å². The van der Waals surface area contributed by atoms with Crippen molar-refractivity contribution in [3.63, 3.8) is 0 Å². The second kappa shape index (κ2) is 6.19. The number of nitrogens with two attached hydrogens (primary N) is 1. The molecule has 1 amide bonds. The maximum atomic E-state index is 12.0. The zero-order valence-corrected chi connectivity index (χ0v) is 12.3. The maximum absolute atomic E-state index is 12.0. The van der Waals surface area contributed by atoms with Crippen molar-refractivity contribution >= 4 is 29.0 Å². The van der Waals surface area contributed by atoms with Crippen LogP contribution < -0.4 is 16.0 Å². The number of amides is 1. The first-order valence-corrected chi connectivity index (χ1v) is 7.59. The van der Waals surface area contributed by atoms with Crippen molar-refractivity contribution in [1.29, 1.82) is 0 Å². The van der Waals surface area contributed by atoms with Crippen molar-refractivity contribution in [3.8, 4) is 0 Å². The molecule has 1 aromatic carbocycles. The summed E-state index contributed by atoms with van der Waals surface area (Å²) in [5, 5.41) is 3.56. The van der Waals surface area contributed by atoms with Gasteiger partial charge in [0.1, 0.15) is 0 Å². The van der Waals surface area contributed by atoms with Gasteiger partial charge in [0.15, 0.2) is 0 Å². The van der Waals surface area contributed by atoms with E-state index < -0.39 is 0 Å². The summed E-state index contributed by atoms with van der Waals surface area (Å²) in [6.07, 6.45) is 2.46. The van der Waals surface area contributed by atoms with Crippen LogP contribution in [0.3, 0.4) is 0 Å². The summed E-state index contributed by atoms with van der Waals surface area (Å²) in [6.45, 7) is 0.749. The quantitative estimate of drug-likeness (QED) is 0.827. The number of hydrogen-bond donors (Lipinski definition) is 2. The number of carbonyl (C=O) groups excluding carboxylic acids is 1. The van der Waals surface area contributed by atoms with Crippen molar-refractivity contribution < 1.29 is 4.79 Å². The van der Waals surface area contributed by atoms with Crippen molar-refractivity contribution in [2.24, 2.45) is 0 Å². The zero-order chi connectivity index (χ0) is 13.8. The molecule has 0 aromatic heterocycles. The first-order valence-electron chi connectivity index (χ1n) is 6.54. The van der Waals surface area contributed by atoms with Gasteiger partial charge in [0.05, 0.1) is 11.4 Å². The van der Waals surface area contributed by atoms with Gasteiger partial charge in [-0.3, -0.25) is 4.79 Å². The Kier molecular flexibility index (Phi) is 4.58. The van der Waals surface area contributed by atoms with Gasteiger partial charge in [-0.1, -0.05) is 0 Å². The molecule has 1 aromatic rings. The monoisotopic (exact) mass is 279 g/mol. The fourth-order valence-electron chi connectivity index (χ4n) is 2.22. The standard InChI is InChI=1S/C14H21N3OS/c1-17(2)13-6-5-10(8-12(13)15)14(18)16-9-11-4-3-7-19-11/h5-6,8,11H,3-4,7,9,15H2,1-2H3,(H,16,18). The SMILES string of the molecule is CN(C)c1ccc(C(=O)NCC2CCCS2)cc1N. The summed E-state index contributed by atoms with van der Waals surface area (Å²) < 4.78 is 0. The van der Waals surface area contributed by atoms with E-state index in [1.54, 1.807) is 6.07 Å². The van der Waals surface area contributed by atoms with Crippen LogP contribution in [-0.4, -0.2) is 37.6 Å². The smallest absolute Gasteiger partial charge is 0.251 e. The van der Waals surface area contributed by atoms with Crippen LogP contribution >= 0.6 is 11.8 Å². The molecule has 0 spiro atoms. The fraction of sp³-hybridized carbons (Fsp3) is 0.500. The van der Waals surface area contributed by atoms with E-state index in [-0.39, 0.29) is 5.91 Å². The molecule has 5 heteroatoms. The Hall–Kier alpha value is -1.36. The van der Waals surface area contributed by atoms with Crippen LogP contribution in [0.15, 0.2) is 18.2 Å². The average molecular weight is 279 g/mol. The minimum Gasteiger partial charge on any atom is -0.397 e. The Balaban J connectivity index is 1.96. The Labute approximate surface area is 118 Å². The number of anilines is 2. The van der Waals surface area contributed by atoms with Crippen LogP contribution in [0.25, 0.3) is 0 Å². The number of hydrogen-bond acceptors (Lipinski definition) is 4. The van der Waals surface area contributed by atoms with E-state index in [0.29, 0.717) is 16.5 Å². The summed E-state index contributed by atoms with van der Waals surface area (Å²) >= 11 is 1.94. The number of carbonyl (C=O) groups is 1. The minimum absolute atomic E-state index is 0.0375. The lowest BCUT2D eigenvalue weighted by Gasteiger charge is -2.16. The molecule has 1 aliphatic heterocycles. The number of nitrogens with one attached hydrogen (secondary N) is 1. The summed E-state index contributed by atoms with van der Waals surface area (Å²) in [4.78, 5) is 14.0. The molecule has 19 heavy (non-hydrogen) atoms. The van der Waals surface area contributed by atoms with Crippen LogP contribution in [0.2, 0.25) is 0 Å². The molecule has 2 rings (SSSR count). The van der Waals surface area contributed by atoms with Gasteiger partial charge in [-0.25, -0.2) is 0 Å². The third-order valence-electron chi connectivity index (χ3n) is 3.29. The minimum atomic E-state index is -0.0375. The van der Waals surface area contributed by atoms with E-state index in [4.69, 9.17) is 5.73 Å². The number of nitrogens with zero attached hydrogens (tertiary/aromatic N) is 1. The number of nitrogen functional groups attached to an aromatic ring is 1. The maximum Gasteiger partial charge on any atom is 0.251 e. The molecular formula is C14H21N3OS. The molecule has 4 nitrogen and oxygen atoms in total. The van der Waals surface area contributed by atoms with E-state index in [9.17, 15) is 4.79 Å². The summed E-state index contributed by atoms with van der Waals surface area (Å²) in [6, 6.07) is 5.45. The van der Waals surface area contributed by atoms with E-state index >= 15 is 0 Å². The van der Waals surface area contributed by atoms with Crippen LogP contribution in [0.4, 0.5) is 11.4 Å². The second-order valence-corrected chi connectivity index (χ2v) is 6.42. The summed E-state index contributed by atoms with van der Waals surface area (Å²) in [5.41, 5.74) is 8.15.